The van der Waals surface area contributed by atoms with E-state index >= 15 is 0 Å². The van der Waals surface area contributed by atoms with Crippen LogP contribution in [-0.4, -0.2) is 41.7 Å². The minimum atomic E-state index is 0.441. The SMILES string of the molecule is S=C(Nc1ccc(Cl)cc1)Nc1ccc(N2CCOCC2)c2nonc12. The van der Waals surface area contributed by atoms with Gasteiger partial charge in [-0.15, -0.1) is 0 Å². The Hall–Kier alpha value is -2.42. The first-order valence-corrected chi connectivity index (χ1v) is 8.91. The van der Waals surface area contributed by atoms with Crippen LogP contribution < -0.4 is 15.5 Å². The second-order valence-corrected chi connectivity index (χ2v) is 6.62. The molecule has 0 amide bonds. The van der Waals surface area contributed by atoms with Crippen molar-refractivity contribution in [2.75, 3.05) is 41.8 Å². The lowest BCUT2D eigenvalue weighted by Gasteiger charge is -2.28. The molecule has 0 spiro atoms. The minimum Gasteiger partial charge on any atom is -0.378 e. The molecule has 1 aliphatic rings. The number of rotatable bonds is 3. The summed E-state index contributed by atoms with van der Waals surface area (Å²) < 4.78 is 10.4. The number of fused-ring (bicyclic) bond motifs is 1. The van der Waals surface area contributed by atoms with Crippen LogP contribution in [-0.2, 0) is 4.74 Å². The van der Waals surface area contributed by atoms with Crippen LogP contribution in [0.2, 0.25) is 5.02 Å². The monoisotopic (exact) mass is 389 g/mol. The average molecular weight is 390 g/mol. The fraction of sp³-hybridized carbons (Fsp3) is 0.235. The maximum Gasteiger partial charge on any atom is 0.175 e. The fourth-order valence-electron chi connectivity index (χ4n) is 2.83. The van der Waals surface area contributed by atoms with Crippen molar-refractivity contribution in [1.29, 1.82) is 0 Å². The number of hydrogen-bond acceptors (Lipinski definition) is 6. The molecule has 3 aromatic rings. The third-order valence-electron chi connectivity index (χ3n) is 4.10. The largest absolute Gasteiger partial charge is 0.378 e. The van der Waals surface area contributed by atoms with Crippen molar-refractivity contribution < 1.29 is 9.37 Å². The van der Waals surface area contributed by atoms with Crippen molar-refractivity contribution in [2.24, 2.45) is 0 Å². The van der Waals surface area contributed by atoms with Gasteiger partial charge in [0, 0.05) is 23.8 Å². The number of nitrogens with one attached hydrogen (secondary N) is 2. The highest BCUT2D eigenvalue weighted by molar-refractivity contribution is 7.80. The van der Waals surface area contributed by atoms with Crippen LogP contribution in [0.3, 0.4) is 0 Å². The molecule has 2 aromatic carbocycles. The van der Waals surface area contributed by atoms with E-state index in [0.29, 0.717) is 34.4 Å². The third kappa shape index (κ3) is 3.57. The first-order valence-electron chi connectivity index (χ1n) is 8.12. The summed E-state index contributed by atoms with van der Waals surface area (Å²) in [5, 5.41) is 15.5. The van der Waals surface area contributed by atoms with Crippen molar-refractivity contribution >= 4 is 57.0 Å². The summed E-state index contributed by atoms with van der Waals surface area (Å²) in [5.74, 6) is 0. The first-order chi connectivity index (χ1) is 12.7. The van der Waals surface area contributed by atoms with E-state index in [4.69, 9.17) is 33.2 Å². The Morgan fingerprint density at radius 1 is 1.00 bits per heavy atom. The molecule has 2 heterocycles. The van der Waals surface area contributed by atoms with Crippen molar-refractivity contribution in [2.45, 2.75) is 0 Å². The summed E-state index contributed by atoms with van der Waals surface area (Å²) in [6.07, 6.45) is 0. The van der Waals surface area contributed by atoms with E-state index in [9.17, 15) is 0 Å². The van der Waals surface area contributed by atoms with E-state index in [2.05, 4.69) is 25.8 Å². The van der Waals surface area contributed by atoms with Gasteiger partial charge in [-0.25, -0.2) is 4.63 Å². The van der Waals surface area contributed by atoms with E-state index < -0.39 is 0 Å². The zero-order valence-electron chi connectivity index (χ0n) is 13.7. The Morgan fingerprint density at radius 2 is 1.73 bits per heavy atom. The van der Waals surface area contributed by atoms with Crippen LogP contribution in [0.4, 0.5) is 17.1 Å². The van der Waals surface area contributed by atoms with Crippen LogP contribution in [0, 0.1) is 0 Å². The summed E-state index contributed by atoms with van der Waals surface area (Å²) >= 11 is 11.3. The second-order valence-electron chi connectivity index (χ2n) is 5.78. The molecule has 1 saturated heterocycles. The van der Waals surface area contributed by atoms with Crippen LogP contribution >= 0.6 is 23.8 Å². The Kier molecular flexibility index (Phi) is 4.87. The molecule has 1 aromatic heterocycles. The number of nitrogens with zero attached hydrogens (tertiary/aromatic N) is 3. The van der Waals surface area contributed by atoms with Crippen LogP contribution in [0.15, 0.2) is 41.0 Å². The van der Waals surface area contributed by atoms with Gasteiger partial charge in [-0.1, -0.05) is 11.6 Å². The zero-order valence-corrected chi connectivity index (χ0v) is 15.3. The molecule has 0 radical (unpaired) electrons. The lowest BCUT2D eigenvalue weighted by atomic mass is 10.2. The number of ether oxygens (including phenoxy) is 1. The molecule has 9 heteroatoms. The molecule has 2 N–H and O–H groups in total. The van der Waals surface area contributed by atoms with Gasteiger partial charge < -0.3 is 20.3 Å². The molecule has 0 aliphatic carbocycles. The van der Waals surface area contributed by atoms with Gasteiger partial charge in [0.05, 0.1) is 24.6 Å². The Labute approximate surface area is 160 Å². The smallest absolute Gasteiger partial charge is 0.175 e. The van der Waals surface area contributed by atoms with Crippen LogP contribution in [0.25, 0.3) is 11.0 Å². The number of morpholine rings is 1. The quantitative estimate of drug-likeness (QED) is 0.659. The molecule has 0 bridgehead atoms. The number of thiocarbonyl (C=S) groups is 1. The van der Waals surface area contributed by atoms with Gasteiger partial charge >= 0.3 is 0 Å². The minimum absolute atomic E-state index is 0.441. The lowest BCUT2D eigenvalue weighted by Crippen LogP contribution is -2.36. The summed E-state index contributed by atoms with van der Waals surface area (Å²) in [4.78, 5) is 2.21. The summed E-state index contributed by atoms with van der Waals surface area (Å²) in [6.45, 7) is 3.01. The highest BCUT2D eigenvalue weighted by Crippen LogP contribution is 2.30. The number of aromatic nitrogens is 2. The third-order valence-corrected chi connectivity index (χ3v) is 4.55. The maximum atomic E-state index is 5.90. The standard InChI is InChI=1S/C17H16ClN5O2S/c18-11-1-3-12(4-2-11)19-17(26)20-13-5-6-14(16-15(13)21-25-22-16)23-7-9-24-10-8-23/h1-6H,7-10H2,(H2,19,20,26). The molecular weight excluding hydrogens is 374 g/mol. The van der Waals surface area contributed by atoms with Gasteiger partial charge in [-0.05, 0) is 58.9 Å². The zero-order chi connectivity index (χ0) is 17.9. The first kappa shape index (κ1) is 17.0. The normalized spacial score (nSPS) is 14.4. The Bertz CT molecular complexity index is 925. The number of halogens is 1. The topological polar surface area (TPSA) is 75.5 Å². The van der Waals surface area contributed by atoms with E-state index in [1.54, 1.807) is 12.1 Å². The van der Waals surface area contributed by atoms with Gasteiger partial charge in [0.15, 0.2) is 16.1 Å². The molecule has 7 nitrogen and oxygen atoms in total. The lowest BCUT2D eigenvalue weighted by molar-refractivity contribution is 0.123. The molecule has 0 unspecified atom stereocenters. The van der Waals surface area contributed by atoms with Crippen molar-refractivity contribution in [3.05, 3.63) is 41.4 Å². The van der Waals surface area contributed by atoms with Crippen molar-refractivity contribution in [3.63, 3.8) is 0 Å². The molecule has 26 heavy (non-hydrogen) atoms. The van der Waals surface area contributed by atoms with Gasteiger partial charge in [-0.2, -0.15) is 0 Å². The van der Waals surface area contributed by atoms with E-state index in [1.165, 1.54) is 0 Å². The van der Waals surface area contributed by atoms with Gasteiger partial charge in [0.2, 0.25) is 0 Å². The van der Waals surface area contributed by atoms with Gasteiger partial charge in [0.1, 0.15) is 0 Å². The summed E-state index contributed by atoms with van der Waals surface area (Å²) in [5.41, 5.74) is 3.88. The molecule has 4 rings (SSSR count). The predicted octanol–water partition coefficient (Wildman–Crippen LogP) is 3.52. The highest BCUT2D eigenvalue weighted by atomic mass is 35.5. The average Bonchev–Trinajstić information content (AvgIpc) is 3.15. The molecular formula is C17H16ClN5O2S. The second kappa shape index (κ2) is 7.45. The van der Waals surface area contributed by atoms with Crippen molar-refractivity contribution in [1.82, 2.24) is 10.3 Å². The van der Waals surface area contributed by atoms with Gasteiger partial charge in [0.25, 0.3) is 0 Å². The highest BCUT2D eigenvalue weighted by Gasteiger charge is 2.19. The fourth-order valence-corrected chi connectivity index (χ4v) is 3.19. The molecule has 1 fully saturated rings. The number of hydrogen-bond donors (Lipinski definition) is 2. The van der Waals surface area contributed by atoms with Crippen molar-refractivity contribution in [3.8, 4) is 0 Å². The predicted molar refractivity (Wildman–Crippen MR) is 106 cm³/mol. The maximum absolute atomic E-state index is 5.90. The summed E-state index contributed by atoms with van der Waals surface area (Å²) in [7, 11) is 0. The van der Waals surface area contributed by atoms with E-state index in [-0.39, 0.29) is 0 Å². The summed E-state index contributed by atoms with van der Waals surface area (Å²) in [6, 6.07) is 11.2. The Morgan fingerprint density at radius 3 is 2.50 bits per heavy atom. The molecule has 134 valence electrons. The number of anilines is 3. The Balaban J connectivity index is 1.54. The number of benzene rings is 2. The van der Waals surface area contributed by atoms with E-state index in [0.717, 1.165) is 30.2 Å². The van der Waals surface area contributed by atoms with Gasteiger partial charge in [-0.3, -0.25) is 0 Å². The van der Waals surface area contributed by atoms with Crippen LogP contribution in [0.5, 0.6) is 0 Å². The molecule has 0 atom stereocenters. The molecule has 1 aliphatic heterocycles. The van der Waals surface area contributed by atoms with E-state index in [1.807, 2.05) is 24.3 Å². The molecule has 0 saturated carbocycles. The van der Waals surface area contributed by atoms with Crippen LogP contribution in [0.1, 0.15) is 0 Å².